The summed E-state index contributed by atoms with van der Waals surface area (Å²) in [6.45, 7) is 15.5. The second-order valence-corrected chi connectivity index (χ2v) is 7.82. The lowest BCUT2D eigenvalue weighted by Gasteiger charge is -2.15. The molecular weight excluding hydrogens is 296 g/mol. The minimum Gasteiger partial charge on any atom is -0.162 e. The number of thioether (sulfide) groups is 1. The lowest BCUT2D eigenvalue weighted by Crippen LogP contribution is -1.98. The van der Waals surface area contributed by atoms with Crippen molar-refractivity contribution >= 4 is 11.8 Å². The number of hydrogen-bond donors (Lipinski definition) is 0. The van der Waals surface area contributed by atoms with Crippen LogP contribution in [-0.4, -0.2) is 11.5 Å². The van der Waals surface area contributed by atoms with E-state index in [1.807, 2.05) is 11.8 Å². The van der Waals surface area contributed by atoms with Crippen LogP contribution in [0.4, 0.5) is 0 Å². The zero-order valence-electron chi connectivity index (χ0n) is 16.4. The van der Waals surface area contributed by atoms with Gasteiger partial charge in [0.15, 0.2) is 0 Å². The minimum absolute atomic E-state index is 0.543. The van der Waals surface area contributed by atoms with E-state index >= 15 is 0 Å². The van der Waals surface area contributed by atoms with Crippen LogP contribution in [0.2, 0.25) is 0 Å². The third-order valence-corrected chi connectivity index (χ3v) is 4.93. The van der Waals surface area contributed by atoms with Crippen molar-refractivity contribution in [2.45, 2.75) is 66.6 Å². The predicted octanol–water partition coefficient (Wildman–Crippen LogP) is 7.52. The highest BCUT2D eigenvalue weighted by atomic mass is 32.2. The normalized spacial score (nSPS) is 15.0. The van der Waals surface area contributed by atoms with Gasteiger partial charge in [0.05, 0.1) is 0 Å². The standard InChI is InChI=1S/C22H36S/c1-9-14-21(17(2)3)20(7)22(18(4)5)16-13-11-10-12-15-19(6)23-8/h9-10,12-14,16-17,19H,11,15H2,1-8H3/b12-10+,14-9-,16-13-,21-20-. The Hall–Kier alpha value is -0.950. The lowest BCUT2D eigenvalue weighted by molar-refractivity contribution is 0.781. The van der Waals surface area contributed by atoms with Crippen LogP contribution < -0.4 is 0 Å². The highest BCUT2D eigenvalue weighted by Crippen LogP contribution is 2.25. The topological polar surface area (TPSA) is 0 Å². The molecule has 0 radical (unpaired) electrons. The number of hydrogen-bond acceptors (Lipinski definition) is 1. The molecule has 0 fully saturated rings. The van der Waals surface area contributed by atoms with Gasteiger partial charge < -0.3 is 0 Å². The fraction of sp³-hybridized carbons (Fsp3) is 0.545. The molecule has 130 valence electrons. The maximum Gasteiger partial charge on any atom is 0.00504 e. The molecule has 0 heterocycles. The second kappa shape index (κ2) is 12.5. The Morgan fingerprint density at radius 3 is 2.09 bits per heavy atom. The van der Waals surface area contributed by atoms with Gasteiger partial charge in [-0.25, -0.2) is 0 Å². The largest absolute Gasteiger partial charge is 0.162 e. The summed E-state index contributed by atoms with van der Waals surface area (Å²) in [5.74, 6) is 0.543. The van der Waals surface area contributed by atoms with Crippen LogP contribution >= 0.6 is 11.8 Å². The molecule has 1 atom stereocenters. The Balaban J connectivity index is 5.06. The van der Waals surface area contributed by atoms with Gasteiger partial charge in [-0.2, -0.15) is 11.8 Å². The fourth-order valence-corrected chi connectivity index (χ4v) is 2.80. The van der Waals surface area contributed by atoms with Crippen molar-refractivity contribution in [3.8, 4) is 0 Å². The van der Waals surface area contributed by atoms with Crippen molar-refractivity contribution < 1.29 is 0 Å². The van der Waals surface area contributed by atoms with Crippen molar-refractivity contribution in [3.63, 3.8) is 0 Å². The van der Waals surface area contributed by atoms with Gasteiger partial charge in [-0.3, -0.25) is 0 Å². The molecule has 0 saturated carbocycles. The average molecular weight is 333 g/mol. The van der Waals surface area contributed by atoms with Crippen LogP contribution in [0.5, 0.6) is 0 Å². The summed E-state index contributed by atoms with van der Waals surface area (Å²) in [6, 6.07) is 0. The van der Waals surface area contributed by atoms with Crippen molar-refractivity contribution in [3.05, 3.63) is 58.7 Å². The molecule has 0 aromatic carbocycles. The Labute approximate surface area is 149 Å². The van der Waals surface area contributed by atoms with Crippen molar-refractivity contribution in [1.82, 2.24) is 0 Å². The monoisotopic (exact) mass is 332 g/mol. The highest BCUT2D eigenvalue weighted by Gasteiger charge is 2.08. The molecule has 0 rings (SSSR count). The zero-order chi connectivity index (χ0) is 17.8. The molecule has 1 unspecified atom stereocenters. The van der Waals surface area contributed by atoms with Crippen LogP contribution in [0, 0.1) is 5.92 Å². The molecule has 0 spiro atoms. The Kier molecular flexibility index (Phi) is 12.0. The summed E-state index contributed by atoms with van der Waals surface area (Å²) in [7, 11) is 0. The zero-order valence-corrected chi connectivity index (χ0v) is 17.3. The summed E-state index contributed by atoms with van der Waals surface area (Å²) >= 11 is 1.92. The van der Waals surface area contributed by atoms with Crippen LogP contribution in [0.15, 0.2) is 58.7 Å². The summed E-state index contributed by atoms with van der Waals surface area (Å²) in [6.07, 6.45) is 17.9. The van der Waals surface area contributed by atoms with E-state index in [1.165, 1.54) is 22.3 Å². The molecule has 0 saturated heterocycles. The van der Waals surface area contributed by atoms with Crippen LogP contribution in [-0.2, 0) is 0 Å². The molecular formula is C22H36S. The predicted molar refractivity (Wildman–Crippen MR) is 111 cm³/mol. The van der Waals surface area contributed by atoms with E-state index in [0.717, 1.165) is 12.8 Å². The third-order valence-electron chi connectivity index (χ3n) is 3.94. The van der Waals surface area contributed by atoms with E-state index < -0.39 is 0 Å². The quantitative estimate of drug-likeness (QED) is 0.311. The molecule has 0 aliphatic rings. The Bertz CT molecular complexity index is 480. The molecule has 0 nitrogen and oxygen atoms in total. The van der Waals surface area contributed by atoms with Gasteiger partial charge in [0.2, 0.25) is 0 Å². The van der Waals surface area contributed by atoms with Gasteiger partial charge in [-0.05, 0) is 69.4 Å². The van der Waals surface area contributed by atoms with Gasteiger partial charge in [-0.1, -0.05) is 62.8 Å². The first-order valence-corrected chi connectivity index (χ1v) is 9.99. The van der Waals surface area contributed by atoms with Gasteiger partial charge in [0, 0.05) is 5.25 Å². The molecule has 0 N–H and O–H groups in total. The lowest BCUT2D eigenvalue weighted by atomic mass is 9.91. The number of rotatable bonds is 9. The summed E-state index contributed by atoms with van der Waals surface area (Å²) in [5, 5.41) is 0.711. The van der Waals surface area contributed by atoms with Crippen LogP contribution in [0.1, 0.15) is 61.3 Å². The minimum atomic E-state index is 0.543. The molecule has 23 heavy (non-hydrogen) atoms. The molecule has 1 heteroatoms. The molecule has 0 aromatic rings. The van der Waals surface area contributed by atoms with Crippen molar-refractivity contribution in [2.75, 3.05) is 6.26 Å². The van der Waals surface area contributed by atoms with Gasteiger partial charge in [0.1, 0.15) is 0 Å². The van der Waals surface area contributed by atoms with E-state index in [2.05, 4.69) is 91.2 Å². The SMILES string of the molecule is C/C=C\C(=C(/C)C(/C=C\C/C=C/CC(C)SC)=C(C)C)C(C)C. The van der Waals surface area contributed by atoms with Crippen LogP contribution in [0.25, 0.3) is 0 Å². The molecule has 0 aliphatic carbocycles. The fourth-order valence-electron chi connectivity index (χ4n) is 2.50. The second-order valence-electron chi connectivity index (χ2n) is 6.54. The first-order valence-electron chi connectivity index (χ1n) is 8.70. The maximum absolute atomic E-state index is 2.30. The molecule has 0 aliphatic heterocycles. The first kappa shape index (κ1) is 22.1. The van der Waals surface area contributed by atoms with E-state index in [1.54, 1.807) is 0 Å². The summed E-state index contributed by atoms with van der Waals surface area (Å²) < 4.78 is 0. The van der Waals surface area contributed by atoms with Gasteiger partial charge in [-0.15, -0.1) is 0 Å². The van der Waals surface area contributed by atoms with E-state index in [9.17, 15) is 0 Å². The Morgan fingerprint density at radius 1 is 0.957 bits per heavy atom. The van der Waals surface area contributed by atoms with Gasteiger partial charge >= 0.3 is 0 Å². The Morgan fingerprint density at radius 2 is 1.61 bits per heavy atom. The third kappa shape index (κ3) is 9.05. The highest BCUT2D eigenvalue weighted by molar-refractivity contribution is 7.99. The van der Waals surface area contributed by atoms with Crippen molar-refractivity contribution in [2.24, 2.45) is 5.92 Å². The van der Waals surface area contributed by atoms with E-state index in [0.29, 0.717) is 11.2 Å². The molecule has 0 bridgehead atoms. The van der Waals surface area contributed by atoms with Gasteiger partial charge in [0.25, 0.3) is 0 Å². The average Bonchev–Trinajstić information content (AvgIpc) is 2.50. The van der Waals surface area contributed by atoms with E-state index in [-0.39, 0.29) is 0 Å². The smallest absolute Gasteiger partial charge is 0.00504 e. The first-order chi connectivity index (χ1) is 10.8. The number of allylic oxidation sites excluding steroid dienone is 10. The van der Waals surface area contributed by atoms with Crippen LogP contribution in [0.3, 0.4) is 0 Å². The molecule has 0 amide bonds. The summed E-state index contributed by atoms with van der Waals surface area (Å²) in [4.78, 5) is 0. The van der Waals surface area contributed by atoms with E-state index in [4.69, 9.17) is 0 Å². The summed E-state index contributed by atoms with van der Waals surface area (Å²) in [5.41, 5.74) is 5.58. The molecule has 0 aromatic heterocycles. The van der Waals surface area contributed by atoms with Crippen molar-refractivity contribution in [1.29, 1.82) is 0 Å². The maximum atomic E-state index is 2.30.